The first-order chi connectivity index (χ1) is 17.1. The number of thiazole rings is 1. The van der Waals surface area contributed by atoms with Crippen LogP contribution in [-0.4, -0.2) is 50.0 Å². The van der Waals surface area contributed by atoms with Crippen LogP contribution in [0.25, 0.3) is 10.4 Å². The van der Waals surface area contributed by atoms with Crippen LogP contribution in [0.3, 0.4) is 0 Å². The quantitative estimate of drug-likeness (QED) is 0.473. The van der Waals surface area contributed by atoms with Crippen molar-refractivity contribution in [1.29, 1.82) is 5.26 Å². The number of hydrogen-bond donors (Lipinski definition) is 0. The number of aromatic nitrogens is 1. The number of nitriles is 1. The molecule has 0 N–H and O–H groups in total. The van der Waals surface area contributed by atoms with Gasteiger partial charge in [0.15, 0.2) is 14.8 Å². The molecule has 2 fully saturated rings. The summed E-state index contributed by atoms with van der Waals surface area (Å²) in [5.41, 5.74) is 1.90. The van der Waals surface area contributed by atoms with Gasteiger partial charge in [-0.15, -0.1) is 11.3 Å². The summed E-state index contributed by atoms with van der Waals surface area (Å²) in [6.45, 7) is 2.41. The Balaban J connectivity index is 1.65. The Hall–Kier alpha value is -2.45. The van der Waals surface area contributed by atoms with E-state index in [0.717, 1.165) is 17.0 Å². The lowest BCUT2D eigenvalue weighted by molar-refractivity contribution is -0.125. The van der Waals surface area contributed by atoms with E-state index in [1.165, 1.54) is 0 Å². The zero-order chi connectivity index (χ0) is 26.0. The minimum Gasteiger partial charge on any atom is -0.369 e. The van der Waals surface area contributed by atoms with E-state index >= 15 is 0 Å². The molecule has 4 atom stereocenters. The van der Waals surface area contributed by atoms with Gasteiger partial charge in [-0.05, 0) is 43.9 Å². The number of benzene rings is 1. The van der Waals surface area contributed by atoms with Gasteiger partial charge in [-0.1, -0.05) is 12.1 Å². The first kappa shape index (κ1) is 26.6. The number of sulfone groups is 1. The maximum atomic E-state index is 14.3. The van der Waals surface area contributed by atoms with Crippen molar-refractivity contribution in [1.82, 2.24) is 4.98 Å². The fourth-order valence-electron chi connectivity index (χ4n) is 5.00. The molecular weight excluding hydrogens is 511 g/mol. The van der Waals surface area contributed by atoms with Crippen molar-refractivity contribution in [3.63, 3.8) is 0 Å². The monoisotopic (exact) mass is 539 g/mol. The molecule has 4 rings (SSSR count). The first-order valence-corrected chi connectivity index (χ1v) is 14.6. The molecule has 1 saturated carbocycles. The van der Waals surface area contributed by atoms with Gasteiger partial charge in [-0.2, -0.15) is 5.26 Å². The minimum atomic E-state index is -3.02. The van der Waals surface area contributed by atoms with E-state index < -0.39 is 40.2 Å². The molecule has 2 aliphatic rings. The van der Waals surface area contributed by atoms with Crippen LogP contribution in [0.5, 0.6) is 0 Å². The smallest absolute Gasteiger partial charge is 0.289 e. The maximum absolute atomic E-state index is 14.3. The Bertz CT molecular complexity index is 1230. The van der Waals surface area contributed by atoms with Crippen molar-refractivity contribution in [2.24, 2.45) is 11.8 Å². The average molecular weight is 540 g/mol. The summed E-state index contributed by atoms with van der Waals surface area (Å²) in [5.74, 6) is -1.79. The minimum absolute atomic E-state index is 0.000563. The van der Waals surface area contributed by atoms with Crippen LogP contribution >= 0.6 is 11.3 Å². The van der Waals surface area contributed by atoms with Crippen LogP contribution in [-0.2, 0) is 14.6 Å². The van der Waals surface area contributed by atoms with Gasteiger partial charge in [0.2, 0.25) is 0 Å². The Kier molecular flexibility index (Phi) is 8.05. The molecule has 1 aromatic carbocycles. The molecule has 6 nitrogen and oxygen atoms in total. The largest absolute Gasteiger partial charge is 0.369 e. The lowest BCUT2D eigenvalue weighted by atomic mass is 9.72. The predicted octanol–water partition coefficient (Wildman–Crippen LogP) is 5.32. The highest BCUT2D eigenvalue weighted by molar-refractivity contribution is 7.91. The normalized spacial score (nSPS) is 24.9. The zero-order valence-electron chi connectivity index (χ0n) is 19.9. The molecule has 1 aliphatic heterocycles. The third-order valence-corrected chi connectivity index (χ3v) is 9.71. The first-order valence-electron chi connectivity index (χ1n) is 12.0. The molecule has 11 heteroatoms. The number of nitrogens with zero attached hydrogens (tertiary/aromatic N) is 3. The van der Waals surface area contributed by atoms with Crippen molar-refractivity contribution >= 4 is 32.6 Å². The summed E-state index contributed by atoms with van der Waals surface area (Å²) in [5, 5.41) is 8.77. The summed E-state index contributed by atoms with van der Waals surface area (Å²) >= 11 is 0.877. The van der Waals surface area contributed by atoms with Crippen LogP contribution < -0.4 is 4.90 Å². The van der Waals surface area contributed by atoms with E-state index in [1.807, 2.05) is 23.1 Å². The molecule has 0 spiro atoms. The van der Waals surface area contributed by atoms with Gasteiger partial charge in [0, 0.05) is 37.0 Å². The number of carbonyl (C=O) groups is 1. The summed E-state index contributed by atoms with van der Waals surface area (Å²) < 4.78 is 65.1. The fraction of sp³-hybridized carbons (Fsp3) is 0.560. The Labute approximate surface area is 213 Å². The third-order valence-electron chi connectivity index (χ3n) is 6.97. The van der Waals surface area contributed by atoms with Crippen LogP contribution in [0.1, 0.15) is 55.7 Å². The highest BCUT2D eigenvalue weighted by Crippen LogP contribution is 2.46. The zero-order valence-corrected chi connectivity index (χ0v) is 21.5. The molecular formula is C25H28F3N3O3S2. The van der Waals surface area contributed by atoms with Crippen LogP contribution in [0.15, 0.2) is 24.3 Å². The Morgan fingerprint density at radius 2 is 1.89 bits per heavy atom. The van der Waals surface area contributed by atoms with Gasteiger partial charge < -0.3 is 4.90 Å². The van der Waals surface area contributed by atoms with E-state index in [2.05, 4.69) is 4.98 Å². The van der Waals surface area contributed by atoms with Crippen LogP contribution in [0.4, 0.5) is 18.9 Å². The topological polar surface area (TPSA) is 91.1 Å². The molecule has 1 aromatic heterocycles. The number of rotatable bonds is 7. The van der Waals surface area contributed by atoms with Gasteiger partial charge in [0.05, 0.1) is 34.1 Å². The van der Waals surface area contributed by atoms with Gasteiger partial charge in [0.1, 0.15) is 12.0 Å². The summed E-state index contributed by atoms with van der Waals surface area (Å²) in [6.07, 6.45) is -3.40. The van der Waals surface area contributed by atoms with Crippen molar-refractivity contribution in [3.05, 3.63) is 35.0 Å². The molecule has 2 aromatic rings. The number of halogens is 3. The van der Waals surface area contributed by atoms with Crippen LogP contribution in [0, 0.1) is 23.2 Å². The highest BCUT2D eigenvalue weighted by Gasteiger charge is 2.39. The Morgan fingerprint density at radius 1 is 1.22 bits per heavy atom. The molecule has 0 unspecified atom stereocenters. The molecule has 194 valence electrons. The van der Waals surface area contributed by atoms with Crippen molar-refractivity contribution in [2.75, 3.05) is 29.5 Å². The van der Waals surface area contributed by atoms with Crippen LogP contribution in [0.2, 0.25) is 0 Å². The molecule has 0 bridgehead atoms. The van der Waals surface area contributed by atoms with E-state index in [-0.39, 0.29) is 41.6 Å². The Morgan fingerprint density at radius 3 is 2.50 bits per heavy atom. The molecule has 36 heavy (non-hydrogen) atoms. The molecule has 0 amide bonds. The average Bonchev–Trinajstić information content (AvgIpc) is 3.30. The SMILES string of the molecule is C[C@@H](C#N)CC(=O)[C@@H]1C[C@@H](F)CC[C@H]1c1nc(C(F)F)sc1-c1ccc(N2CCS(=O)(=O)CC2)cc1. The number of Topliss-reactive ketones (excluding diaryl/α,β-unsaturated/α-hetero) is 1. The van der Waals surface area contributed by atoms with E-state index in [9.17, 15) is 26.4 Å². The number of carbonyl (C=O) groups excluding carboxylic acids is 1. The van der Waals surface area contributed by atoms with Crippen molar-refractivity contribution < 1.29 is 26.4 Å². The summed E-state index contributed by atoms with van der Waals surface area (Å²) in [6, 6.07) is 9.27. The maximum Gasteiger partial charge on any atom is 0.289 e. The van der Waals surface area contributed by atoms with Crippen molar-refractivity contribution in [3.8, 4) is 16.5 Å². The standard InChI is InChI=1S/C25H28F3N3O3S2/c1-15(14-29)12-21(32)20-13-17(26)4-7-19(20)22-23(35-25(30-22)24(27)28)16-2-5-18(6-3-16)31-8-10-36(33,34)11-9-31/h2-3,5-6,15,17,19-20,24H,4,7-13H2,1H3/t15-,17+,19-,20-/m1/s1. The fourth-order valence-corrected chi connectivity index (χ4v) is 7.19. The van der Waals surface area contributed by atoms with Crippen molar-refractivity contribution in [2.45, 2.75) is 51.1 Å². The second-order valence-electron chi connectivity index (χ2n) is 9.58. The van der Waals surface area contributed by atoms with E-state index in [0.29, 0.717) is 35.6 Å². The lowest BCUT2D eigenvalue weighted by Gasteiger charge is -2.32. The molecule has 0 radical (unpaired) electrons. The predicted molar refractivity (Wildman–Crippen MR) is 133 cm³/mol. The lowest BCUT2D eigenvalue weighted by Crippen LogP contribution is -2.40. The van der Waals surface area contributed by atoms with Gasteiger partial charge in [0.25, 0.3) is 6.43 Å². The third kappa shape index (κ3) is 5.92. The number of alkyl halides is 3. The molecule has 2 heterocycles. The summed E-state index contributed by atoms with van der Waals surface area (Å²) in [7, 11) is -3.02. The van der Waals surface area contributed by atoms with E-state index in [4.69, 9.17) is 5.26 Å². The molecule has 1 aliphatic carbocycles. The van der Waals surface area contributed by atoms with Gasteiger partial charge >= 0.3 is 0 Å². The second kappa shape index (κ2) is 10.9. The van der Waals surface area contributed by atoms with Gasteiger partial charge in [-0.25, -0.2) is 26.6 Å². The van der Waals surface area contributed by atoms with Gasteiger partial charge in [-0.3, -0.25) is 4.79 Å². The number of hydrogen-bond acceptors (Lipinski definition) is 7. The molecule has 1 saturated heterocycles. The number of anilines is 1. The van der Waals surface area contributed by atoms with E-state index in [1.54, 1.807) is 19.1 Å². The summed E-state index contributed by atoms with van der Waals surface area (Å²) in [4.78, 5) is 19.8. The second-order valence-corrected chi connectivity index (χ2v) is 12.9. The number of ketones is 1. The highest BCUT2D eigenvalue weighted by atomic mass is 32.2.